The molecular formula is C21H17Cl2N3O6S2. The number of anilines is 3. The standard InChI is InChI=1S/C21H17Cl2N3O6S2/c1-12(27)24-14-3-5-15(6-4-14)25-21(28)26(33)16-7-9-18(17(23)11-16)32-19-8-2-13(22)10-20(19)34(29,30)31/h2-11,33H,1H3,(H,24,27)(H,25,28)(H,29,30,31). The van der Waals surface area contributed by atoms with Gasteiger partial charge in [0.2, 0.25) is 5.91 Å². The highest BCUT2D eigenvalue weighted by Gasteiger charge is 2.20. The molecule has 3 N–H and O–H groups in total. The molecule has 3 rings (SSSR count). The Bertz CT molecular complexity index is 1350. The number of thiol groups is 1. The smallest absolute Gasteiger partial charge is 0.336 e. The Morgan fingerprint density at radius 1 is 0.941 bits per heavy atom. The molecule has 13 heteroatoms. The third-order valence-corrected chi connectivity index (χ3v) is 6.03. The van der Waals surface area contributed by atoms with E-state index in [0.717, 1.165) is 10.4 Å². The van der Waals surface area contributed by atoms with Crippen LogP contribution < -0.4 is 19.7 Å². The van der Waals surface area contributed by atoms with Crippen LogP contribution in [0.5, 0.6) is 11.5 Å². The van der Waals surface area contributed by atoms with Gasteiger partial charge in [-0.25, -0.2) is 9.10 Å². The summed E-state index contributed by atoms with van der Waals surface area (Å²) in [5.74, 6) is -0.342. The fourth-order valence-electron chi connectivity index (χ4n) is 2.72. The molecule has 3 aromatic rings. The summed E-state index contributed by atoms with van der Waals surface area (Å²) in [7, 11) is -4.61. The Morgan fingerprint density at radius 2 is 1.53 bits per heavy atom. The molecule has 178 valence electrons. The van der Waals surface area contributed by atoms with Crippen LogP contribution in [-0.4, -0.2) is 24.9 Å². The molecule has 0 aliphatic carbocycles. The summed E-state index contributed by atoms with van der Waals surface area (Å²) in [6, 6.07) is 13.8. The van der Waals surface area contributed by atoms with Gasteiger partial charge in [-0.2, -0.15) is 8.42 Å². The van der Waals surface area contributed by atoms with E-state index in [9.17, 15) is 22.6 Å². The zero-order chi connectivity index (χ0) is 25.0. The van der Waals surface area contributed by atoms with Crippen LogP contribution in [0.3, 0.4) is 0 Å². The SMILES string of the molecule is CC(=O)Nc1ccc(NC(=O)N(S)c2ccc(Oc3ccc(Cl)cc3S(=O)(=O)O)c(Cl)c2)cc1. The van der Waals surface area contributed by atoms with Gasteiger partial charge < -0.3 is 15.4 Å². The first-order chi connectivity index (χ1) is 15.9. The Balaban J connectivity index is 1.74. The monoisotopic (exact) mass is 541 g/mol. The first-order valence-electron chi connectivity index (χ1n) is 9.36. The van der Waals surface area contributed by atoms with Crippen LogP contribution in [0.2, 0.25) is 10.0 Å². The Labute approximate surface area is 210 Å². The quantitative estimate of drug-likeness (QED) is 0.228. The molecule has 0 bridgehead atoms. The van der Waals surface area contributed by atoms with Gasteiger partial charge >= 0.3 is 6.03 Å². The molecule has 34 heavy (non-hydrogen) atoms. The molecule has 0 atom stereocenters. The summed E-state index contributed by atoms with van der Waals surface area (Å²) in [6.07, 6.45) is 0. The normalized spacial score (nSPS) is 11.0. The van der Waals surface area contributed by atoms with Gasteiger partial charge in [-0.05, 0) is 60.7 Å². The van der Waals surface area contributed by atoms with Gasteiger partial charge in [0.15, 0.2) is 0 Å². The number of urea groups is 1. The van der Waals surface area contributed by atoms with Gasteiger partial charge in [0, 0.05) is 23.3 Å². The first kappa shape index (κ1) is 25.7. The molecule has 9 nitrogen and oxygen atoms in total. The molecule has 0 fully saturated rings. The van der Waals surface area contributed by atoms with E-state index in [1.807, 2.05) is 0 Å². The number of hydrogen-bond acceptors (Lipinski definition) is 6. The van der Waals surface area contributed by atoms with Crippen LogP contribution in [0.25, 0.3) is 0 Å². The Morgan fingerprint density at radius 3 is 2.09 bits per heavy atom. The van der Waals surface area contributed by atoms with Crippen molar-refractivity contribution in [2.45, 2.75) is 11.8 Å². The molecule has 0 unspecified atom stereocenters. The average molecular weight is 542 g/mol. The summed E-state index contributed by atoms with van der Waals surface area (Å²) >= 11 is 16.3. The maximum atomic E-state index is 12.5. The lowest BCUT2D eigenvalue weighted by Gasteiger charge is -2.18. The van der Waals surface area contributed by atoms with E-state index in [4.69, 9.17) is 27.9 Å². The molecule has 0 aliphatic heterocycles. The number of ether oxygens (including phenoxy) is 1. The van der Waals surface area contributed by atoms with Gasteiger partial charge in [0.1, 0.15) is 16.4 Å². The molecule has 0 saturated carbocycles. The van der Waals surface area contributed by atoms with Crippen LogP contribution in [0.15, 0.2) is 65.6 Å². The molecule has 0 spiro atoms. The molecular weight excluding hydrogens is 525 g/mol. The second-order valence-electron chi connectivity index (χ2n) is 6.78. The zero-order valence-corrected chi connectivity index (χ0v) is 20.5. The summed E-state index contributed by atoms with van der Waals surface area (Å²) in [5, 5.41) is 5.39. The van der Waals surface area contributed by atoms with Crippen LogP contribution in [-0.2, 0) is 14.9 Å². The van der Waals surface area contributed by atoms with Gasteiger partial charge in [-0.15, -0.1) is 0 Å². The number of carbonyl (C=O) groups is 2. The minimum absolute atomic E-state index is 0.0419. The number of hydrogen-bond donors (Lipinski definition) is 4. The van der Waals surface area contributed by atoms with Crippen molar-refractivity contribution in [2.24, 2.45) is 0 Å². The van der Waals surface area contributed by atoms with Crippen molar-refractivity contribution in [1.29, 1.82) is 0 Å². The van der Waals surface area contributed by atoms with E-state index in [2.05, 4.69) is 23.4 Å². The topological polar surface area (TPSA) is 125 Å². The van der Waals surface area contributed by atoms with E-state index < -0.39 is 21.0 Å². The third-order valence-electron chi connectivity index (χ3n) is 4.21. The molecule has 0 aromatic heterocycles. The summed E-state index contributed by atoms with van der Waals surface area (Å²) in [5.41, 5.74) is 1.33. The fraction of sp³-hybridized carbons (Fsp3) is 0.0476. The minimum Gasteiger partial charge on any atom is -0.454 e. The van der Waals surface area contributed by atoms with Crippen LogP contribution in [0.1, 0.15) is 6.92 Å². The highest BCUT2D eigenvalue weighted by atomic mass is 35.5. The molecule has 0 radical (unpaired) electrons. The van der Waals surface area contributed by atoms with E-state index in [-0.39, 0.29) is 27.5 Å². The lowest BCUT2D eigenvalue weighted by Crippen LogP contribution is -2.26. The summed E-state index contributed by atoms with van der Waals surface area (Å²) in [4.78, 5) is 23.1. The molecule has 0 saturated heterocycles. The predicted molar refractivity (Wildman–Crippen MR) is 134 cm³/mol. The van der Waals surface area contributed by atoms with Crippen molar-refractivity contribution >= 4 is 75.1 Å². The van der Waals surface area contributed by atoms with Crippen molar-refractivity contribution in [3.8, 4) is 11.5 Å². The Hall–Kier alpha value is -2.96. The van der Waals surface area contributed by atoms with Crippen LogP contribution >= 0.6 is 36.0 Å². The largest absolute Gasteiger partial charge is 0.454 e. The maximum absolute atomic E-state index is 12.5. The number of rotatable bonds is 6. The van der Waals surface area contributed by atoms with Gasteiger partial charge in [0.25, 0.3) is 10.1 Å². The van der Waals surface area contributed by atoms with E-state index >= 15 is 0 Å². The van der Waals surface area contributed by atoms with E-state index in [1.165, 1.54) is 37.3 Å². The molecule has 3 amide bonds. The lowest BCUT2D eigenvalue weighted by atomic mass is 10.2. The number of halogens is 2. The number of benzene rings is 3. The van der Waals surface area contributed by atoms with E-state index in [1.54, 1.807) is 24.3 Å². The van der Waals surface area contributed by atoms with Gasteiger partial charge in [-0.1, -0.05) is 36.0 Å². The first-order valence-corrected chi connectivity index (χ1v) is 12.0. The second-order valence-corrected chi connectivity index (χ2v) is 9.42. The highest BCUT2D eigenvalue weighted by molar-refractivity contribution is 7.86. The maximum Gasteiger partial charge on any atom is 0.336 e. The molecule has 0 heterocycles. The number of nitrogens with one attached hydrogen (secondary N) is 2. The molecule has 3 aromatic carbocycles. The number of nitrogens with zero attached hydrogens (tertiary/aromatic N) is 1. The number of amides is 3. The molecule has 0 aliphatic rings. The van der Waals surface area contributed by atoms with Crippen molar-refractivity contribution in [1.82, 2.24) is 0 Å². The van der Waals surface area contributed by atoms with Gasteiger partial charge in [0.05, 0.1) is 10.7 Å². The average Bonchev–Trinajstić information content (AvgIpc) is 2.76. The van der Waals surface area contributed by atoms with E-state index in [0.29, 0.717) is 17.1 Å². The van der Waals surface area contributed by atoms with Crippen molar-refractivity contribution < 1.29 is 27.3 Å². The second kappa shape index (κ2) is 10.5. The van der Waals surface area contributed by atoms with Crippen molar-refractivity contribution in [2.75, 3.05) is 14.9 Å². The zero-order valence-electron chi connectivity index (χ0n) is 17.3. The summed E-state index contributed by atoms with van der Waals surface area (Å²) < 4.78 is 39.2. The van der Waals surface area contributed by atoms with Crippen LogP contribution in [0.4, 0.5) is 21.9 Å². The van der Waals surface area contributed by atoms with Crippen molar-refractivity contribution in [3.63, 3.8) is 0 Å². The third kappa shape index (κ3) is 6.55. The lowest BCUT2D eigenvalue weighted by molar-refractivity contribution is -0.114. The fourth-order valence-corrected chi connectivity index (χ4v) is 3.99. The van der Waals surface area contributed by atoms with Crippen LogP contribution in [0, 0.1) is 0 Å². The van der Waals surface area contributed by atoms with Crippen molar-refractivity contribution in [3.05, 3.63) is 70.7 Å². The van der Waals surface area contributed by atoms with Gasteiger partial charge in [-0.3, -0.25) is 9.35 Å². The highest BCUT2D eigenvalue weighted by Crippen LogP contribution is 2.36. The predicted octanol–water partition coefficient (Wildman–Crippen LogP) is 5.87. The minimum atomic E-state index is -4.61. The Kier molecular flexibility index (Phi) is 7.95. The summed E-state index contributed by atoms with van der Waals surface area (Å²) in [6.45, 7) is 1.39. The number of carbonyl (C=O) groups excluding carboxylic acids is 2.